The van der Waals surface area contributed by atoms with Gasteiger partial charge in [-0.05, 0) is 30.3 Å². The number of ketones is 1. The van der Waals surface area contributed by atoms with E-state index in [0.717, 1.165) is 16.5 Å². The molecule has 0 radical (unpaired) electrons. The van der Waals surface area contributed by atoms with Crippen molar-refractivity contribution in [1.82, 2.24) is 4.57 Å². The van der Waals surface area contributed by atoms with Gasteiger partial charge in [0.05, 0.1) is 11.6 Å². The Kier molecular flexibility index (Phi) is 4.83. The number of Topliss-reactive ketones (excluding diaryl/α,β-unsaturated/α-hetero) is 1. The lowest BCUT2D eigenvalue weighted by molar-refractivity contribution is -0.132. The molecular formula is C26H19ClN2O3. The molecule has 32 heavy (non-hydrogen) atoms. The Hall–Kier alpha value is -3.83. The lowest BCUT2D eigenvalue weighted by atomic mass is 9.95. The molecule has 1 aliphatic rings. The molecule has 1 aromatic heterocycles. The molecule has 2 heterocycles. The normalized spacial score (nSPS) is 17.9. The third-order valence-corrected chi connectivity index (χ3v) is 6.07. The van der Waals surface area contributed by atoms with Crippen LogP contribution >= 0.6 is 11.6 Å². The second-order valence-corrected chi connectivity index (χ2v) is 8.16. The highest BCUT2D eigenvalue weighted by atomic mass is 35.5. The zero-order chi connectivity index (χ0) is 22.4. The fourth-order valence-corrected chi connectivity index (χ4v) is 4.46. The standard InChI is InChI=1S/C26H19ClN2O3/c1-28-15-20(19-9-5-6-10-21(19)28)23-22(24(30)16-7-3-2-4-8-16)25(31)26(32)29(23)18-13-11-17(27)12-14-18/h2-15,23,30H,1H3/b24-22+. The number of carbonyl (C=O) groups excluding carboxylic acids is 2. The van der Waals surface area contributed by atoms with Crippen molar-refractivity contribution in [2.75, 3.05) is 4.90 Å². The second kappa shape index (κ2) is 7.70. The molecule has 1 atom stereocenters. The molecule has 3 aromatic carbocycles. The van der Waals surface area contributed by atoms with E-state index < -0.39 is 17.7 Å². The summed E-state index contributed by atoms with van der Waals surface area (Å²) in [4.78, 5) is 27.9. The molecule has 5 nitrogen and oxygen atoms in total. The van der Waals surface area contributed by atoms with E-state index in [4.69, 9.17) is 11.6 Å². The molecule has 1 fully saturated rings. The summed E-state index contributed by atoms with van der Waals surface area (Å²) in [6.45, 7) is 0. The van der Waals surface area contributed by atoms with Crippen molar-refractivity contribution in [2.45, 2.75) is 6.04 Å². The average Bonchev–Trinajstić information content (AvgIpc) is 3.28. The SMILES string of the molecule is Cn1cc(C2/C(=C(\O)c3ccccc3)C(=O)C(=O)N2c2ccc(Cl)cc2)c2ccccc21. The monoisotopic (exact) mass is 442 g/mol. The molecule has 0 spiro atoms. The third-order valence-electron chi connectivity index (χ3n) is 5.82. The van der Waals surface area contributed by atoms with E-state index >= 15 is 0 Å². The summed E-state index contributed by atoms with van der Waals surface area (Å²) in [6.07, 6.45) is 1.91. The Labute approximate surface area is 189 Å². The van der Waals surface area contributed by atoms with Crippen molar-refractivity contribution in [3.8, 4) is 0 Å². The number of aliphatic hydroxyl groups excluding tert-OH is 1. The van der Waals surface area contributed by atoms with E-state index in [1.807, 2.05) is 48.1 Å². The fourth-order valence-electron chi connectivity index (χ4n) is 4.34. The van der Waals surface area contributed by atoms with Gasteiger partial charge in [0, 0.05) is 46.0 Å². The molecule has 0 bridgehead atoms. The molecule has 0 saturated carbocycles. The van der Waals surface area contributed by atoms with Crippen molar-refractivity contribution in [1.29, 1.82) is 0 Å². The number of nitrogens with zero attached hydrogens (tertiary/aromatic N) is 2. The number of benzene rings is 3. The Morgan fingerprint density at radius 3 is 2.28 bits per heavy atom. The lowest BCUT2D eigenvalue weighted by Crippen LogP contribution is -2.29. The molecule has 158 valence electrons. The largest absolute Gasteiger partial charge is 0.507 e. The van der Waals surface area contributed by atoms with Crippen molar-refractivity contribution >= 4 is 45.6 Å². The molecule has 4 aromatic rings. The number of hydrogen-bond acceptors (Lipinski definition) is 3. The summed E-state index contributed by atoms with van der Waals surface area (Å²) in [5.74, 6) is -1.61. The van der Waals surface area contributed by atoms with Gasteiger partial charge in [-0.1, -0.05) is 60.1 Å². The van der Waals surface area contributed by atoms with E-state index in [9.17, 15) is 14.7 Å². The van der Waals surface area contributed by atoms with Crippen LogP contribution in [0.5, 0.6) is 0 Å². The Morgan fingerprint density at radius 1 is 0.906 bits per heavy atom. The summed E-state index contributed by atoms with van der Waals surface area (Å²) in [5, 5.41) is 12.6. The van der Waals surface area contributed by atoms with Gasteiger partial charge in [0.15, 0.2) is 0 Å². The first-order valence-corrected chi connectivity index (χ1v) is 10.5. The number of rotatable bonds is 3. The highest BCUT2D eigenvalue weighted by Gasteiger charge is 2.47. The number of aryl methyl sites for hydroxylation is 1. The number of anilines is 1. The maximum absolute atomic E-state index is 13.3. The van der Waals surface area contributed by atoms with Crippen molar-refractivity contribution < 1.29 is 14.7 Å². The highest BCUT2D eigenvalue weighted by Crippen LogP contribution is 2.44. The fraction of sp³-hybridized carbons (Fsp3) is 0.0769. The summed E-state index contributed by atoms with van der Waals surface area (Å²) in [7, 11) is 1.91. The summed E-state index contributed by atoms with van der Waals surface area (Å²) in [6, 6.07) is 22.5. The minimum absolute atomic E-state index is 0.0625. The first-order valence-electron chi connectivity index (χ1n) is 10.1. The van der Waals surface area contributed by atoms with Crippen molar-refractivity contribution in [3.05, 3.63) is 107 Å². The van der Waals surface area contributed by atoms with Crippen molar-refractivity contribution in [2.24, 2.45) is 7.05 Å². The smallest absolute Gasteiger partial charge is 0.300 e. The molecule has 1 aliphatic heterocycles. The van der Waals surface area contributed by atoms with Crippen LogP contribution < -0.4 is 4.90 Å². The number of amides is 1. The molecule has 5 rings (SSSR count). The van der Waals surface area contributed by atoms with E-state index in [-0.39, 0.29) is 11.3 Å². The Morgan fingerprint density at radius 2 is 1.56 bits per heavy atom. The zero-order valence-corrected chi connectivity index (χ0v) is 18.0. The lowest BCUT2D eigenvalue weighted by Gasteiger charge is -2.25. The minimum Gasteiger partial charge on any atom is -0.507 e. The number of aromatic nitrogens is 1. The first kappa shape index (κ1) is 20.1. The first-order chi connectivity index (χ1) is 15.5. The van der Waals surface area contributed by atoms with Gasteiger partial charge < -0.3 is 9.67 Å². The van der Waals surface area contributed by atoms with Crippen LogP contribution in [0.2, 0.25) is 5.02 Å². The van der Waals surface area contributed by atoms with E-state index in [1.54, 1.807) is 48.5 Å². The molecule has 1 unspecified atom stereocenters. The number of halogens is 1. The van der Waals surface area contributed by atoms with Gasteiger partial charge in [-0.2, -0.15) is 0 Å². The van der Waals surface area contributed by atoms with Gasteiger partial charge >= 0.3 is 0 Å². The Balaban J connectivity index is 1.81. The van der Waals surface area contributed by atoms with Crippen LogP contribution in [0.1, 0.15) is 17.2 Å². The van der Waals surface area contributed by atoms with Crippen molar-refractivity contribution in [3.63, 3.8) is 0 Å². The van der Waals surface area contributed by atoms with E-state index in [0.29, 0.717) is 16.3 Å². The van der Waals surface area contributed by atoms with Crippen LogP contribution in [0.4, 0.5) is 5.69 Å². The van der Waals surface area contributed by atoms with Crippen LogP contribution in [-0.4, -0.2) is 21.4 Å². The van der Waals surface area contributed by atoms with E-state index in [1.165, 1.54) is 4.90 Å². The van der Waals surface area contributed by atoms with Crippen LogP contribution in [0, 0.1) is 0 Å². The van der Waals surface area contributed by atoms with Gasteiger partial charge in [0.25, 0.3) is 11.7 Å². The predicted octanol–water partition coefficient (Wildman–Crippen LogP) is 5.46. The topological polar surface area (TPSA) is 62.5 Å². The highest BCUT2D eigenvalue weighted by molar-refractivity contribution is 6.52. The van der Waals surface area contributed by atoms with Gasteiger partial charge in [0.1, 0.15) is 5.76 Å². The molecule has 6 heteroatoms. The number of para-hydroxylation sites is 1. The second-order valence-electron chi connectivity index (χ2n) is 7.72. The number of aliphatic hydroxyl groups is 1. The maximum Gasteiger partial charge on any atom is 0.300 e. The predicted molar refractivity (Wildman–Crippen MR) is 126 cm³/mol. The maximum atomic E-state index is 13.3. The minimum atomic E-state index is -0.789. The van der Waals surface area contributed by atoms with Gasteiger partial charge in [-0.3, -0.25) is 14.5 Å². The van der Waals surface area contributed by atoms with Crippen LogP contribution in [0.15, 0.2) is 90.6 Å². The van der Waals surface area contributed by atoms with Crippen LogP contribution in [0.3, 0.4) is 0 Å². The van der Waals surface area contributed by atoms with Gasteiger partial charge in [0.2, 0.25) is 0 Å². The summed E-state index contributed by atoms with van der Waals surface area (Å²) in [5.41, 5.74) is 2.79. The average molecular weight is 443 g/mol. The molecule has 1 N–H and O–H groups in total. The molecule has 0 aliphatic carbocycles. The van der Waals surface area contributed by atoms with Crippen LogP contribution in [0.25, 0.3) is 16.7 Å². The van der Waals surface area contributed by atoms with E-state index in [2.05, 4.69) is 0 Å². The van der Waals surface area contributed by atoms with Gasteiger partial charge in [-0.15, -0.1) is 0 Å². The quantitative estimate of drug-likeness (QED) is 0.260. The number of carbonyl (C=O) groups is 2. The molecule has 1 saturated heterocycles. The molecular weight excluding hydrogens is 424 g/mol. The summed E-state index contributed by atoms with van der Waals surface area (Å²) < 4.78 is 1.95. The number of hydrogen-bond donors (Lipinski definition) is 1. The number of fused-ring (bicyclic) bond motifs is 1. The molecule has 1 amide bonds. The van der Waals surface area contributed by atoms with Crippen LogP contribution in [-0.2, 0) is 16.6 Å². The third kappa shape index (κ3) is 3.10. The zero-order valence-electron chi connectivity index (χ0n) is 17.2. The van der Waals surface area contributed by atoms with Gasteiger partial charge in [-0.25, -0.2) is 0 Å². The summed E-state index contributed by atoms with van der Waals surface area (Å²) >= 11 is 6.05. The Bertz CT molecular complexity index is 1390.